The molecule has 0 radical (unpaired) electrons. The van der Waals surface area contributed by atoms with E-state index in [4.69, 9.17) is 12.2 Å². The molecule has 104 valence electrons. The number of nitrogens with zero attached hydrogens (tertiary/aromatic N) is 2. The second kappa shape index (κ2) is 5.13. The zero-order valence-electron chi connectivity index (χ0n) is 11.5. The molecule has 0 saturated carbocycles. The molecule has 0 saturated heterocycles. The standard InChI is InChI=1S/C14H15N3O2S/c1-14(2,3)11-8-12(20)16-13(15-11)9-5-4-6-10(7-9)17(18)19/h4-8H,1-3H3,(H,15,16,20). The minimum atomic E-state index is -0.425. The maximum absolute atomic E-state index is 10.8. The van der Waals surface area contributed by atoms with Gasteiger partial charge in [-0.1, -0.05) is 45.1 Å². The smallest absolute Gasteiger partial charge is 0.270 e. The highest BCUT2D eigenvalue weighted by Gasteiger charge is 2.16. The van der Waals surface area contributed by atoms with Gasteiger partial charge in [0.05, 0.1) is 4.92 Å². The summed E-state index contributed by atoms with van der Waals surface area (Å²) >= 11 is 5.18. The van der Waals surface area contributed by atoms with Crippen LogP contribution >= 0.6 is 12.2 Å². The van der Waals surface area contributed by atoms with Crippen molar-refractivity contribution in [2.45, 2.75) is 26.2 Å². The third kappa shape index (κ3) is 3.08. The average molecular weight is 289 g/mol. The topological polar surface area (TPSA) is 71.8 Å². The van der Waals surface area contributed by atoms with Gasteiger partial charge >= 0.3 is 0 Å². The Balaban J connectivity index is 2.58. The molecule has 2 aromatic rings. The van der Waals surface area contributed by atoms with E-state index in [9.17, 15) is 10.1 Å². The number of nitrogens with one attached hydrogen (secondary N) is 1. The summed E-state index contributed by atoms with van der Waals surface area (Å²) in [6.45, 7) is 6.18. The fourth-order valence-corrected chi connectivity index (χ4v) is 1.97. The molecule has 0 aliphatic rings. The Kier molecular flexibility index (Phi) is 3.67. The van der Waals surface area contributed by atoms with Gasteiger partial charge in [-0.2, -0.15) is 0 Å². The van der Waals surface area contributed by atoms with Crippen molar-refractivity contribution < 1.29 is 4.92 Å². The predicted molar refractivity (Wildman–Crippen MR) is 80.2 cm³/mol. The molecular formula is C14H15N3O2S. The van der Waals surface area contributed by atoms with Crippen molar-refractivity contribution in [2.24, 2.45) is 0 Å². The SMILES string of the molecule is CC(C)(C)c1cc(=S)nc(-c2cccc([N+](=O)[O-])c2)[nH]1. The molecule has 1 N–H and O–H groups in total. The van der Waals surface area contributed by atoms with E-state index >= 15 is 0 Å². The van der Waals surface area contributed by atoms with E-state index in [1.165, 1.54) is 12.1 Å². The minimum absolute atomic E-state index is 0.0322. The summed E-state index contributed by atoms with van der Waals surface area (Å²) in [6, 6.07) is 8.16. The number of aromatic nitrogens is 2. The number of rotatable bonds is 2. The van der Waals surface area contributed by atoms with Crippen molar-refractivity contribution in [2.75, 3.05) is 0 Å². The zero-order valence-corrected chi connectivity index (χ0v) is 12.3. The lowest BCUT2D eigenvalue weighted by molar-refractivity contribution is -0.384. The van der Waals surface area contributed by atoms with Gasteiger partial charge in [-0.3, -0.25) is 10.1 Å². The van der Waals surface area contributed by atoms with Gasteiger partial charge in [0, 0.05) is 28.8 Å². The van der Waals surface area contributed by atoms with E-state index in [-0.39, 0.29) is 11.1 Å². The molecule has 0 aliphatic carbocycles. The highest BCUT2D eigenvalue weighted by molar-refractivity contribution is 7.71. The molecule has 20 heavy (non-hydrogen) atoms. The first-order chi connectivity index (χ1) is 9.27. The summed E-state index contributed by atoms with van der Waals surface area (Å²) in [5.41, 5.74) is 1.52. The number of H-pyrrole nitrogens is 1. The van der Waals surface area contributed by atoms with Gasteiger partial charge in [-0.05, 0) is 6.07 Å². The number of non-ortho nitro benzene ring substituents is 1. The van der Waals surface area contributed by atoms with Crippen LogP contribution in [0.15, 0.2) is 30.3 Å². The second-order valence-corrected chi connectivity index (χ2v) is 5.96. The van der Waals surface area contributed by atoms with Crippen LogP contribution in [-0.4, -0.2) is 14.9 Å². The molecule has 0 bridgehead atoms. The maximum atomic E-state index is 10.8. The van der Waals surface area contributed by atoms with Gasteiger partial charge in [-0.25, -0.2) is 4.98 Å². The monoisotopic (exact) mass is 289 g/mol. The van der Waals surface area contributed by atoms with Gasteiger partial charge < -0.3 is 4.98 Å². The van der Waals surface area contributed by atoms with Crippen LogP contribution in [0.2, 0.25) is 0 Å². The lowest BCUT2D eigenvalue weighted by atomic mass is 9.92. The zero-order chi connectivity index (χ0) is 14.9. The molecule has 0 spiro atoms. The van der Waals surface area contributed by atoms with Gasteiger partial charge in [0.2, 0.25) is 0 Å². The third-order valence-electron chi connectivity index (χ3n) is 2.88. The molecule has 0 unspecified atom stereocenters. The Morgan fingerprint density at radius 2 is 2.00 bits per heavy atom. The Morgan fingerprint density at radius 3 is 2.60 bits per heavy atom. The first kappa shape index (κ1) is 14.3. The molecule has 0 fully saturated rings. The highest BCUT2D eigenvalue weighted by atomic mass is 32.1. The fourth-order valence-electron chi connectivity index (χ4n) is 1.77. The van der Waals surface area contributed by atoms with E-state index in [2.05, 4.69) is 30.7 Å². The molecule has 0 aliphatic heterocycles. The first-order valence-electron chi connectivity index (χ1n) is 6.14. The van der Waals surface area contributed by atoms with E-state index < -0.39 is 4.92 Å². The number of nitro groups is 1. The van der Waals surface area contributed by atoms with Crippen LogP contribution in [0.4, 0.5) is 5.69 Å². The average Bonchev–Trinajstić information content (AvgIpc) is 2.37. The first-order valence-corrected chi connectivity index (χ1v) is 6.55. The number of hydrogen-bond donors (Lipinski definition) is 1. The van der Waals surface area contributed by atoms with Crippen LogP contribution in [0.5, 0.6) is 0 Å². The van der Waals surface area contributed by atoms with Crippen LogP contribution < -0.4 is 0 Å². The summed E-state index contributed by atoms with van der Waals surface area (Å²) in [4.78, 5) is 17.9. The predicted octanol–water partition coefficient (Wildman–Crippen LogP) is 4.01. The quantitative estimate of drug-likeness (QED) is 0.515. The Bertz CT molecular complexity index is 717. The van der Waals surface area contributed by atoms with Crippen molar-refractivity contribution in [3.63, 3.8) is 0 Å². The lowest BCUT2D eigenvalue weighted by Crippen LogP contribution is -2.14. The van der Waals surface area contributed by atoms with Crippen LogP contribution in [0.3, 0.4) is 0 Å². The molecule has 1 aromatic heterocycles. The van der Waals surface area contributed by atoms with Gasteiger partial charge in [0.1, 0.15) is 10.5 Å². The van der Waals surface area contributed by atoms with E-state index in [1.807, 2.05) is 6.07 Å². The van der Waals surface area contributed by atoms with Gasteiger partial charge in [0.25, 0.3) is 5.69 Å². The van der Waals surface area contributed by atoms with E-state index in [0.717, 1.165) is 5.69 Å². The summed E-state index contributed by atoms with van der Waals surface area (Å²) in [6.07, 6.45) is 0. The Labute approximate surface area is 121 Å². The second-order valence-electron chi connectivity index (χ2n) is 5.54. The lowest BCUT2D eigenvalue weighted by Gasteiger charge is -2.19. The molecule has 1 heterocycles. The Morgan fingerprint density at radius 1 is 1.30 bits per heavy atom. The number of aromatic amines is 1. The number of hydrogen-bond acceptors (Lipinski definition) is 4. The normalized spacial score (nSPS) is 11.3. The molecule has 0 amide bonds. The van der Waals surface area contributed by atoms with Crippen molar-refractivity contribution in [1.82, 2.24) is 9.97 Å². The van der Waals surface area contributed by atoms with Crippen LogP contribution in [0.1, 0.15) is 26.5 Å². The van der Waals surface area contributed by atoms with Gasteiger partial charge in [0.15, 0.2) is 0 Å². The van der Waals surface area contributed by atoms with Crippen molar-refractivity contribution in [3.05, 3.63) is 50.8 Å². The fraction of sp³-hybridized carbons (Fsp3) is 0.286. The van der Waals surface area contributed by atoms with Crippen molar-refractivity contribution in [3.8, 4) is 11.4 Å². The van der Waals surface area contributed by atoms with Crippen LogP contribution in [-0.2, 0) is 5.41 Å². The number of benzene rings is 1. The molecule has 2 rings (SSSR count). The van der Waals surface area contributed by atoms with E-state index in [1.54, 1.807) is 12.1 Å². The largest absolute Gasteiger partial charge is 0.343 e. The molecule has 5 nitrogen and oxygen atoms in total. The molecule has 1 aromatic carbocycles. The van der Waals surface area contributed by atoms with Crippen LogP contribution in [0.25, 0.3) is 11.4 Å². The summed E-state index contributed by atoms with van der Waals surface area (Å²) in [7, 11) is 0. The summed E-state index contributed by atoms with van der Waals surface area (Å²) in [5, 5.41) is 10.8. The minimum Gasteiger partial charge on any atom is -0.343 e. The van der Waals surface area contributed by atoms with E-state index in [0.29, 0.717) is 16.0 Å². The highest BCUT2D eigenvalue weighted by Crippen LogP contribution is 2.25. The number of nitro benzene ring substituents is 1. The van der Waals surface area contributed by atoms with Gasteiger partial charge in [-0.15, -0.1) is 0 Å². The molecule has 6 heteroatoms. The summed E-state index contributed by atoms with van der Waals surface area (Å²) < 4.78 is 0.468. The van der Waals surface area contributed by atoms with Crippen molar-refractivity contribution in [1.29, 1.82) is 0 Å². The maximum Gasteiger partial charge on any atom is 0.270 e. The molecular weight excluding hydrogens is 274 g/mol. The van der Waals surface area contributed by atoms with Crippen LogP contribution in [0, 0.1) is 14.8 Å². The summed E-state index contributed by atoms with van der Waals surface area (Å²) in [5.74, 6) is 0.547. The molecule has 0 atom stereocenters. The Hall–Kier alpha value is -2.08. The third-order valence-corrected chi connectivity index (χ3v) is 3.09. The van der Waals surface area contributed by atoms with Crippen molar-refractivity contribution >= 4 is 17.9 Å².